The van der Waals surface area contributed by atoms with Gasteiger partial charge in [-0.15, -0.1) is 35.3 Å². The molecule has 0 bridgehead atoms. The van der Waals surface area contributed by atoms with E-state index < -0.39 is 0 Å². The van der Waals surface area contributed by atoms with Crippen LogP contribution in [0.1, 0.15) is 44.4 Å². The molecule has 0 aliphatic heterocycles. The minimum Gasteiger partial charge on any atom is -0.356 e. The zero-order valence-corrected chi connectivity index (χ0v) is 18.1. The molecule has 1 heterocycles. The molecule has 23 heavy (non-hydrogen) atoms. The number of hydrogen-bond donors (Lipinski definition) is 2. The fourth-order valence-corrected chi connectivity index (χ4v) is 3.14. The molecule has 1 rings (SSSR count). The summed E-state index contributed by atoms with van der Waals surface area (Å²) in [4.78, 5) is 8.18. The van der Waals surface area contributed by atoms with Crippen LogP contribution in [0, 0.1) is 0 Å². The first-order valence-electron chi connectivity index (χ1n) is 8.41. The van der Waals surface area contributed by atoms with Crippen LogP contribution >= 0.6 is 35.3 Å². The third-order valence-electron chi connectivity index (χ3n) is 3.92. The maximum atomic E-state index is 4.29. The van der Waals surface area contributed by atoms with E-state index in [0.717, 1.165) is 32.1 Å². The van der Waals surface area contributed by atoms with Crippen molar-refractivity contribution in [2.45, 2.75) is 39.5 Å². The van der Waals surface area contributed by atoms with E-state index in [1.165, 1.54) is 24.3 Å². The molecule has 0 radical (unpaired) electrons. The van der Waals surface area contributed by atoms with Crippen molar-refractivity contribution >= 4 is 41.3 Å². The van der Waals surface area contributed by atoms with Crippen LogP contribution in [0.5, 0.6) is 0 Å². The van der Waals surface area contributed by atoms with Gasteiger partial charge < -0.3 is 15.5 Å². The fraction of sp³-hybridized carbons (Fsp3) is 0.706. The van der Waals surface area contributed by atoms with Crippen molar-refractivity contribution in [3.05, 3.63) is 22.4 Å². The molecule has 0 saturated heterocycles. The lowest BCUT2D eigenvalue weighted by atomic mass is 10.1. The Labute approximate surface area is 163 Å². The largest absolute Gasteiger partial charge is 0.356 e. The minimum atomic E-state index is 0. The predicted molar refractivity (Wildman–Crippen MR) is 115 cm³/mol. The van der Waals surface area contributed by atoms with E-state index >= 15 is 0 Å². The first-order valence-corrected chi connectivity index (χ1v) is 9.29. The average Bonchev–Trinajstić information content (AvgIpc) is 3.08. The Hall–Kier alpha value is -0.340. The second kappa shape index (κ2) is 14.0. The topological polar surface area (TPSA) is 39.7 Å². The number of halogens is 1. The third-order valence-corrected chi connectivity index (χ3v) is 5.02. The average molecular weight is 452 g/mol. The van der Waals surface area contributed by atoms with Gasteiger partial charge in [-0.25, -0.2) is 0 Å². The molecule has 0 aliphatic rings. The first kappa shape index (κ1) is 22.7. The lowest BCUT2D eigenvalue weighted by molar-refractivity contribution is 0.297. The highest BCUT2D eigenvalue weighted by Crippen LogP contribution is 2.19. The molecule has 2 N–H and O–H groups in total. The Morgan fingerprint density at radius 2 is 2.00 bits per heavy atom. The Kier molecular flexibility index (Phi) is 13.8. The fourth-order valence-electron chi connectivity index (χ4n) is 2.35. The van der Waals surface area contributed by atoms with Gasteiger partial charge in [0.25, 0.3) is 0 Å². The van der Waals surface area contributed by atoms with Crippen LogP contribution in [0.15, 0.2) is 22.5 Å². The normalized spacial score (nSPS) is 12.8. The molecule has 0 saturated carbocycles. The van der Waals surface area contributed by atoms with E-state index in [-0.39, 0.29) is 24.0 Å². The van der Waals surface area contributed by atoms with Gasteiger partial charge in [-0.2, -0.15) is 0 Å². The molecule has 134 valence electrons. The van der Waals surface area contributed by atoms with Crippen molar-refractivity contribution in [1.82, 2.24) is 15.5 Å². The summed E-state index contributed by atoms with van der Waals surface area (Å²) in [7, 11) is 1.83. The summed E-state index contributed by atoms with van der Waals surface area (Å²) < 4.78 is 0. The van der Waals surface area contributed by atoms with Crippen molar-refractivity contribution in [3.63, 3.8) is 0 Å². The molecule has 0 aromatic carbocycles. The highest BCUT2D eigenvalue weighted by atomic mass is 127. The summed E-state index contributed by atoms with van der Waals surface area (Å²) in [5, 5.41) is 8.95. The molecule has 0 amide bonds. The van der Waals surface area contributed by atoms with Crippen LogP contribution in [0.2, 0.25) is 0 Å². The molecule has 1 aromatic heterocycles. The Morgan fingerprint density at radius 1 is 1.26 bits per heavy atom. The van der Waals surface area contributed by atoms with Crippen molar-refractivity contribution in [3.8, 4) is 0 Å². The quantitative estimate of drug-likeness (QED) is 0.246. The number of nitrogens with zero attached hydrogens (tertiary/aromatic N) is 2. The molecule has 1 aromatic rings. The van der Waals surface area contributed by atoms with Crippen LogP contribution in [0.4, 0.5) is 0 Å². The number of thiophene rings is 1. The van der Waals surface area contributed by atoms with Gasteiger partial charge in [0.05, 0.1) is 0 Å². The van der Waals surface area contributed by atoms with Gasteiger partial charge in [0.1, 0.15) is 0 Å². The van der Waals surface area contributed by atoms with Crippen LogP contribution in [-0.2, 0) is 0 Å². The van der Waals surface area contributed by atoms with Crippen molar-refractivity contribution in [2.24, 2.45) is 4.99 Å². The Morgan fingerprint density at radius 3 is 2.57 bits per heavy atom. The number of aliphatic imine (C=N–C) groups is 1. The van der Waals surface area contributed by atoms with Gasteiger partial charge >= 0.3 is 0 Å². The van der Waals surface area contributed by atoms with Crippen molar-refractivity contribution < 1.29 is 0 Å². The van der Waals surface area contributed by atoms with Crippen LogP contribution < -0.4 is 10.6 Å². The van der Waals surface area contributed by atoms with Gasteiger partial charge in [-0.1, -0.05) is 26.8 Å². The highest BCUT2D eigenvalue weighted by Gasteiger charge is 2.07. The number of guanidine groups is 1. The predicted octanol–water partition coefficient (Wildman–Crippen LogP) is 3.76. The second-order valence-corrected chi connectivity index (χ2v) is 6.51. The molecular formula is C17H33IN4S. The molecule has 1 atom stereocenters. The van der Waals surface area contributed by atoms with Crippen LogP contribution in [0.3, 0.4) is 0 Å². The summed E-state index contributed by atoms with van der Waals surface area (Å²) in [5.41, 5.74) is 0. The van der Waals surface area contributed by atoms with Crippen molar-refractivity contribution in [2.75, 3.05) is 39.8 Å². The SMILES string of the molecule is CCN(CC)CCCCNC(=NC)NCC(C)c1cccs1.I. The van der Waals surface area contributed by atoms with E-state index in [1.54, 1.807) is 0 Å². The molecule has 0 aliphatic carbocycles. The van der Waals surface area contributed by atoms with Crippen LogP contribution in [-0.4, -0.2) is 50.6 Å². The first-order chi connectivity index (χ1) is 10.7. The minimum absolute atomic E-state index is 0. The summed E-state index contributed by atoms with van der Waals surface area (Å²) >= 11 is 1.82. The maximum absolute atomic E-state index is 4.29. The molecule has 1 unspecified atom stereocenters. The van der Waals surface area contributed by atoms with Gasteiger partial charge in [-0.3, -0.25) is 4.99 Å². The third kappa shape index (κ3) is 9.52. The van der Waals surface area contributed by atoms with Gasteiger partial charge in [0, 0.05) is 30.9 Å². The molecule has 6 heteroatoms. The highest BCUT2D eigenvalue weighted by molar-refractivity contribution is 14.0. The number of hydrogen-bond acceptors (Lipinski definition) is 3. The van der Waals surface area contributed by atoms with Crippen molar-refractivity contribution in [1.29, 1.82) is 0 Å². The van der Waals surface area contributed by atoms with E-state index in [0.29, 0.717) is 5.92 Å². The number of rotatable bonds is 10. The molecule has 4 nitrogen and oxygen atoms in total. The smallest absolute Gasteiger partial charge is 0.190 e. The van der Waals surface area contributed by atoms with E-state index in [9.17, 15) is 0 Å². The maximum Gasteiger partial charge on any atom is 0.190 e. The number of unbranched alkanes of at least 4 members (excludes halogenated alkanes) is 1. The van der Waals surface area contributed by atoms with E-state index in [4.69, 9.17) is 0 Å². The Bertz CT molecular complexity index is 405. The summed E-state index contributed by atoms with van der Waals surface area (Å²) in [5.74, 6) is 1.42. The lowest BCUT2D eigenvalue weighted by Crippen LogP contribution is -2.39. The van der Waals surface area contributed by atoms with Gasteiger partial charge in [0.2, 0.25) is 0 Å². The van der Waals surface area contributed by atoms with Gasteiger partial charge in [0.15, 0.2) is 5.96 Å². The van der Waals surface area contributed by atoms with Crippen LogP contribution in [0.25, 0.3) is 0 Å². The molecular weight excluding hydrogens is 419 g/mol. The standard InChI is InChI=1S/C17H32N4S.HI/c1-5-21(6-2)12-8-7-11-19-17(18-4)20-14-15(3)16-10-9-13-22-16;/h9-10,13,15H,5-8,11-12,14H2,1-4H3,(H2,18,19,20);1H. The van der Waals surface area contributed by atoms with E-state index in [2.05, 4.69) is 58.8 Å². The monoisotopic (exact) mass is 452 g/mol. The zero-order valence-electron chi connectivity index (χ0n) is 15.0. The number of nitrogens with one attached hydrogen (secondary N) is 2. The van der Waals surface area contributed by atoms with Gasteiger partial charge in [-0.05, 0) is 43.9 Å². The summed E-state index contributed by atoms with van der Waals surface area (Å²) in [6.45, 7) is 12.1. The second-order valence-electron chi connectivity index (χ2n) is 5.53. The molecule has 0 spiro atoms. The Balaban J connectivity index is 0.00000484. The molecule has 0 fully saturated rings. The lowest BCUT2D eigenvalue weighted by Gasteiger charge is -2.18. The summed E-state index contributed by atoms with van der Waals surface area (Å²) in [6, 6.07) is 4.31. The van der Waals surface area contributed by atoms with E-state index in [1.807, 2.05) is 18.4 Å². The zero-order chi connectivity index (χ0) is 16.2. The summed E-state index contributed by atoms with van der Waals surface area (Å²) in [6.07, 6.45) is 2.41.